The Labute approximate surface area is 151 Å². The van der Waals surface area contributed by atoms with Gasteiger partial charge in [0, 0.05) is 38.7 Å². The molecule has 1 aliphatic heterocycles. The Morgan fingerprint density at radius 1 is 1.19 bits per heavy atom. The van der Waals surface area contributed by atoms with E-state index in [-0.39, 0.29) is 18.2 Å². The smallest absolute Gasteiger partial charge is 0.326 e. The number of imidazole rings is 1. The van der Waals surface area contributed by atoms with Crippen LogP contribution < -0.4 is 5.32 Å². The molecule has 1 atom stereocenters. The van der Waals surface area contributed by atoms with E-state index in [9.17, 15) is 14.4 Å². The number of amides is 4. The minimum Gasteiger partial charge on any atom is -0.352 e. The summed E-state index contributed by atoms with van der Waals surface area (Å²) < 4.78 is 1.97. The lowest BCUT2D eigenvalue weighted by Crippen LogP contribution is -2.37. The molecule has 26 heavy (non-hydrogen) atoms. The highest BCUT2D eigenvalue weighted by molar-refractivity contribution is 6.05. The molecule has 0 radical (unpaired) electrons. The molecule has 0 saturated carbocycles. The van der Waals surface area contributed by atoms with E-state index in [0.717, 1.165) is 22.0 Å². The number of hydrogen-bond acceptors (Lipinski definition) is 4. The van der Waals surface area contributed by atoms with Gasteiger partial charge in [0.05, 0.1) is 6.42 Å². The lowest BCUT2D eigenvalue weighted by molar-refractivity contribution is -0.131. The van der Waals surface area contributed by atoms with Crippen molar-refractivity contribution in [3.63, 3.8) is 0 Å². The van der Waals surface area contributed by atoms with Crippen LogP contribution in [0.1, 0.15) is 17.8 Å². The van der Waals surface area contributed by atoms with Gasteiger partial charge in [-0.15, -0.1) is 0 Å². The Balaban J connectivity index is 1.56. The summed E-state index contributed by atoms with van der Waals surface area (Å²) in [6.45, 7) is 2.29. The number of nitrogens with one attached hydrogen (secondary N) is 1. The van der Waals surface area contributed by atoms with Gasteiger partial charge in [-0.05, 0) is 24.6 Å². The summed E-state index contributed by atoms with van der Waals surface area (Å²) in [5.41, 5.74) is 1.94. The number of rotatable bonds is 5. The second-order valence-electron chi connectivity index (χ2n) is 6.30. The van der Waals surface area contributed by atoms with Crippen molar-refractivity contribution in [3.8, 4) is 5.69 Å². The number of urea groups is 1. The van der Waals surface area contributed by atoms with Gasteiger partial charge in [-0.2, -0.15) is 0 Å². The first-order chi connectivity index (χ1) is 12.4. The molecule has 1 fully saturated rings. The van der Waals surface area contributed by atoms with Crippen molar-refractivity contribution in [1.29, 1.82) is 0 Å². The SMILES string of the molecule is Cc1nccn1-c1ccc(CNC(=O)CC2C(=O)N(C)C(=O)N2C)cc1. The summed E-state index contributed by atoms with van der Waals surface area (Å²) in [6.07, 6.45) is 3.59. The van der Waals surface area contributed by atoms with Crippen LogP contribution in [0.25, 0.3) is 5.69 Å². The minimum atomic E-state index is -0.737. The molecule has 0 bridgehead atoms. The van der Waals surface area contributed by atoms with Gasteiger partial charge in [-0.25, -0.2) is 9.78 Å². The fraction of sp³-hybridized carbons (Fsp3) is 0.333. The van der Waals surface area contributed by atoms with E-state index in [4.69, 9.17) is 0 Å². The second kappa shape index (κ2) is 6.99. The fourth-order valence-electron chi connectivity index (χ4n) is 2.95. The van der Waals surface area contributed by atoms with Gasteiger partial charge < -0.3 is 14.8 Å². The maximum atomic E-state index is 12.1. The first-order valence-corrected chi connectivity index (χ1v) is 8.29. The largest absolute Gasteiger partial charge is 0.352 e. The van der Waals surface area contributed by atoms with Crippen LogP contribution in [0, 0.1) is 6.92 Å². The second-order valence-corrected chi connectivity index (χ2v) is 6.30. The van der Waals surface area contributed by atoms with Gasteiger partial charge >= 0.3 is 6.03 Å². The highest BCUT2D eigenvalue weighted by Crippen LogP contribution is 2.17. The lowest BCUT2D eigenvalue weighted by Gasteiger charge is -2.15. The predicted molar refractivity (Wildman–Crippen MR) is 94.5 cm³/mol. The van der Waals surface area contributed by atoms with Gasteiger partial charge in [0.25, 0.3) is 5.91 Å². The fourth-order valence-corrected chi connectivity index (χ4v) is 2.95. The van der Waals surface area contributed by atoms with Gasteiger partial charge in [-0.3, -0.25) is 14.5 Å². The molecule has 2 heterocycles. The van der Waals surface area contributed by atoms with Crippen LogP contribution in [-0.2, 0) is 16.1 Å². The Morgan fingerprint density at radius 3 is 2.42 bits per heavy atom. The molecule has 4 amide bonds. The van der Waals surface area contributed by atoms with Gasteiger partial charge in [0.15, 0.2) is 0 Å². The lowest BCUT2D eigenvalue weighted by atomic mass is 10.1. The summed E-state index contributed by atoms with van der Waals surface area (Å²) in [6, 6.07) is 6.64. The molecule has 2 aromatic rings. The zero-order chi connectivity index (χ0) is 18.8. The third-order valence-corrected chi connectivity index (χ3v) is 4.58. The van der Waals surface area contributed by atoms with Crippen LogP contribution in [0.3, 0.4) is 0 Å². The molecule has 0 spiro atoms. The number of likely N-dealkylation sites (N-methyl/N-ethyl adjacent to an activating group) is 2. The molecule has 8 nitrogen and oxygen atoms in total. The first kappa shape index (κ1) is 17.7. The van der Waals surface area contributed by atoms with E-state index < -0.39 is 12.1 Å². The zero-order valence-electron chi connectivity index (χ0n) is 15.0. The quantitative estimate of drug-likeness (QED) is 0.813. The van der Waals surface area contributed by atoms with Crippen molar-refractivity contribution in [1.82, 2.24) is 24.7 Å². The van der Waals surface area contributed by atoms with E-state index in [1.807, 2.05) is 42.0 Å². The Hall–Kier alpha value is -3.16. The summed E-state index contributed by atoms with van der Waals surface area (Å²) in [5, 5.41) is 2.80. The van der Waals surface area contributed by atoms with Crippen LogP contribution in [0.15, 0.2) is 36.7 Å². The first-order valence-electron chi connectivity index (χ1n) is 8.29. The van der Waals surface area contributed by atoms with Gasteiger partial charge in [0.1, 0.15) is 11.9 Å². The molecule has 136 valence electrons. The van der Waals surface area contributed by atoms with Crippen molar-refractivity contribution in [2.75, 3.05) is 14.1 Å². The Morgan fingerprint density at radius 2 is 1.88 bits per heavy atom. The standard InChI is InChI=1S/C18H21N5O3/c1-12-19-8-9-23(12)14-6-4-13(5-7-14)11-20-16(24)10-15-17(25)22(3)18(26)21(15)2/h4-9,15H,10-11H2,1-3H3,(H,20,24). The van der Waals surface area contributed by atoms with E-state index in [1.165, 1.54) is 19.0 Å². The number of imide groups is 1. The number of nitrogens with zero attached hydrogens (tertiary/aromatic N) is 4. The maximum Gasteiger partial charge on any atom is 0.326 e. The molecular weight excluding hydrogens is 334 g/mol. The molecule has 0 aliphatic carbocycles. The van der Waals surface area contributed by atoms with Crippen molar-refractivity contribution in [2.45, 2.75) is 25.9 Å². The summed E-state index contributed by atoms with van der Waals surface area (Å²) >= 11 is 0. The van der Waals surface area contributed by atoms with Gasteiger partial charge in [0.2, 0.25) is 5.91 Å². The molecule has 1 unspecified atom stereocenters. The van der Waals surface area contributed by atoms with Crippen LogP contribution >= 0.6 is 0 Å². The van der Waals surface area contributed by atoms with Crippen LogP contribution in [-0.4, -0.2) is 57.3 Å². The monoisotopic (exact) mass is 355 g/mol. The minimum absolute atomic E-state index is 0.0439. The molecule has 8 heteroatoms. The normalized spacial score (nSPS) is 17.1. The third-order valence-electron chi connectivity index (χ3n) is 4.58. The van der Waals surface area contributed by atoms with Crippen molar-refractivity contribution in [2.24, 2.45) is 0 Å². The van der Waals surface area contributed by atoms with E-state index >= 15 is 0 Å². The summed E-state index contributed by atoms with van der Waals surface area (Å²) in [4.78, 5) is 42.4. The molecule has 1 N–H and O–H groups in total. The third kappa shape index (κ3) is 3.30. The van der Waals surface area contributed by atoms with Crippen molar-refractivity contribution >= 4 is 17.8 Å². The Kier molecular flexibility index (Phi) is 4.75. The highest BCUT2D eigenvalue weighted by atomic mass is 16.2. The zero-order valence-corrected chi connectivity index (χ0v) is 15.0. The number of hydrogen-bond donors (Lipinski definition) is 1. The average Bonchev–Trinajstić information content (AvgIpc) is 3.14. The number of aryl methyl sites for hydroxylation is 1. The van der Waals surface area contributed by atoms with Crippen molar-refractivity contribution < 1.29 is 14.4 Å². The Bertz CT molecular complexity index is 843. The highest BCUT2D eigenvalue weighted by Gasteiger charge is 2.41. The van der Waals surface area contributed by atoms with Gasteiger partial charge in [-0.1, -0.05) is 12.1 Å². The maximum absolute atomic E-state index is 12.1. The summed E-state index contributed by atoms with van der Waals surface area (Å²) in [7, 11) is 2.95. The molecule has 3 rings (SSSR count). The number of carbonyl (C=O) groups is 3. The van der Waals surface area contributed by atoms with Crippen LogP contribution in [0.5, 0.6) is 0 Å². The molecule has 1 aromatic heterocycles. The molecule has 1 aliphatic rings. The van der Waals surface area contributed by atoms with Crippen LogP contribution in [0.2, 0.25) is 0 Å². The topological polar surface area (TPSA) is 87.5 Å². The van der Waals surface area contributed by atoms with E-state index in [2.05, 4.69) is 10.3 Å². The molecule has 1 aromatic carbocycles. The number of aromatic nitrogens is 2. The molecule has 1 saturated heterocycles. The van der Waals surface area contributed by atoms with E-state index in [1.54, 1.807) is 6.20 Å². The van der Waals surface area contributed by atoms with Crippen LogP contribution in [0.4, 0.5) is 4.79 Å². The molecular formula is C18H21N5O3. The predicted octanol–water partition coefficient (Wildman–Crippen LogP) is 1.08. The summed E-state index contributed by atoms with van der Waals surface area (Å²) in [5.74, 6) is 0.274. The number of carbonyl (C=O) groups excluding carboxylic acids is 3. The van der Waals surface area contributed by atoms with E-state index in [0.29, 0.717) is 6.54 Å². The van der Waals surface area contributed by atoms with Crippen molar-refractivity contribution in [3.05, 3.63) is 48.0 Å². The average molecular weight is 355 g/mol. The number of benzene rings is 1.